The number of hydrogen-bond donors (Lipinski definition) is 1. The summed E-state index contributed by atoms with van der Waals surface area (Å²) in [6.45, 7) is 3.39. The van der Waals surface area contributed by atoms with E-state index in [2.05, 4.69) is 20.7 Å². The molecule has 1 amide bonds. The lowest BCUT2D eigenvalue weighted by atomic mass is 10.2. The molecule has 0 saturated carbocycles. The van der Waals surface area contributed by atoms with Gasteiger partial charge in [-0.25, -0.2) is 10.1 Å². The van der Waals surface area contributed by atoms with Crippen molar-refractivity contribution in [2.45, 2.75) is 20.4 Å². The highest BCUT2D eigenvalue weighted by Gasteiger charge is 2.16. The maximum atomic E-state index is 13.7. The maximum Gasteiger partial charge on any atom is 0.306 e. The fourth-order valence-electron chi connectivity index (χ4n) is 1.97. The molecule has 2 aromatic heterocycles. The van der Waals surface area contributed by atoms with Gasteiger partial charge < -0.3 is 0 Å². The fourth-order valence-corrected chi connectivity index (χ4v) is 1.97. The minimum atomic E-state index is -0.566. The van der Waals surface area contributed by atoms with E-state index in [1.165, 1.54) is 24.1 Å². The van der Waals surface area contributed by atoms with Crippen molar-refractivity contribution in [1.29, 1.82) is 0 Å². The summed E-state index contributed by atoms with van der Waals surface area (Å²) in [6, 6.07) is 0. The highest BCUT2D eigenvalue weighted by Crippen LogP contribution is 2.10. The van der Waals surface area contributed by atoms with Gasteiger partial charge in [0.25, 0.3) is 0 Å². The van der Waals surface area contributed by atoms with Gasteiger partial charge in [0, 0.05) is 7.05 Å². The van der Waals surface area contributed by atoms with Crippen molar-refractivity contribution in [2.24, 2.45) is 18.1 Å². The van der Waals surface area contributed by atoms with E-state index in [4.69, 9.17) is 0 Å². The Kier molecular flexibility index (Phi) is 5.02. The number of aryl methyl sites for hydroxylation is 2. The lowest BCUT2D eigenvalue weighted by Gasteiger charge is -2.08. The molecule has 10 nitrogen and oxygen atoms in total. The van der Waals surface area contributed by atoms with Crippen LogP contribution in [0.5, 0.6) is 0 Å². The van der Waals surface area contributed by atoms with E-state index in [-0.39, 0.29) is 17.8 Å². The Hall–Kier alpha value is -3.11. The van der Waals surface area contributed by atoms with E-state index in [9.17, 15) is 19.3 Å². The summed E-state index contributed by atoms with van der Waals surface area (Å²) in [5, 5.41) is 22.0. The second kappa shape index (κ2) is 6.98. The van der Waals surface area contributed by atoms with Crippen LogP contribution in [0.25, 0.3) is 0 Å². The standard InChI is InChI=1S/C13H16FN7O3/c1-8(6-20-7-10(4-16-20)21(23)24)13(22)17-15-5-11-9(2)18-19(3)12(11)14/h4-5,7-8H,6H2,1-3H3,(H,17,22)/b15-5-/t8-/m0/s1. The van der Waals surface area contributed by atoms with Crippen LogP contribution in [-0.4, -0.2) is 36.6 Å². The SMILES string of the molecule is Cc1nn(C)c(F)c1/C=N\NC(=O)[C@@H](C)Cn1cc([N+](=O)[O-])cn1. The normalized spacial score (nSPS) is 12.5. The quantitative estimate of drug-likeness (QED) is 0.474. The molecule has 128 valence electrons. The molecule has 0 radical (unpaired) electrons. The van der Waals surface area contributed by atoms with Gasteiger partial charge in [0.1, 0.15) is 12.4 Å². The van der Waals surface area contributed by atoms with Crippen LogP contribution in [0, 0.1) is 28.9 Å². The summed E-state index contributed by atoms with van der Waals surface area (Å²) >= 11 is 0. The highest BCUT2D eigenvalue weighted by molar-refractivity contribution is 5.84. The van der Waals surface area contributed by atoms with Crippen molar-refractivity contribution in [3.05, 3.63) is 39.7 Å². The number of hydrazone groups is 1. The Morgan fingerprint density at radius 3 is 2.88 bits per heavy atom. The number of nitrogens with zero attached hydrogens (tertiary/aromatic N) is 6. The molecule has 1 atom stereocenters. The number of aromatic nitrogens is 4. The van der Waals surface area contributed by atoms with Crippen LogP contribution in [-0.2, 0) is 18.4 Å². The third-order valence-corrected chi connectivity index (χ3v) is 3.30. The Bertz CT molecular complexity index is 796. The lowest BCUT2D eigenvalue weighted by molar-refractivity contribution is -0.385. The fraction of sp³-hybridized carbons (Fsp3) is 0.385. The Labute approximate surface area is 136 Å². The van der Waals surface area contributed by atoms with Crippen molar-refractivity contribution in [2.75, 3.05) is 0 Å². The molecular weight excluding hydrogens is 321 g/mol. The molecule has 0 aliphatic rings. The average molecular weight is 337 g/mol. The van der Waals surface area contributed by atoms with Crippen molar-refractivity contribution in [3.63, 3.8) is 0 Å². The van der Waals surface area contributed by atoms with E-state index in [0.717, 1.165) is 10.9 Å². The topological polar surface area (TPSA) is 120 Å². The van der Waals surface area contributed by atoms with E-state index < -0.39 is 22.7 Å². The lowest BCUT2D eigenvalue weighted by Crippen LogP contribution is -2.28. The minimum absolute atomic E-state index is 0.148. The predicted molar refractivity (Wildman–Crippen MR) is 81.7 cm³/mol. The van der Waals surface area contributed by atoms with Crippen LogP contribution in [0.4, 0.5) is 10.1 Å². The van der Waals surface area contributed by atoms with Crippen molar-refractivity contribution in [3.8, 4) is 0 Å². The molecule has 24 heavy (non-hydrogen) atoms. The van der Waals surface area contributed by atoms with E-state index >= 15 is 0 Å². The monoisotopic (exact) mass is 337 g/mol. The van der Waals surface area contributed by atoms with Crippen LogP contribution >= 0.6 is 0 Å². The van der Waals surface area contributed by atoms with Crippen molar-refractivity contribution in [1.82, 2.24) is 25.0 Å². The Balaban J connectivity index is 1.93. The molecule has 0 aliphatic heterocycles. The van der Waals surface area contributed by atoms with Gasteiger partial charge in [0.2, 0.25) is 11.9 Å². The number of rotatable bonds is 6. The third-order valence-electron chi connectivity index (χ3n) is 3.30. The second-order valence-electron chi connectivity index (χ2n) is 5.23. The first-order valence-electron chi connectivity index (χ1n) is 6.98. The number of halogens is 1. The second-order valence-corrected chi connectivity index (χ2v) is 5.23. The van der Waals surface area contributed by atoms with Gasteiger partial charge in [-0.05, 0) is 6.92 Å². The number of hydrogen-bond acceptors (Lipinski definition) is 6. The Morgan fingerprint density at radius 2 is 2.33 bits per heavy atom. The molecule has 1 N–H and O–H groups in total. The average Bonchev–Trinajstić information content (AvgIpc) is 3.07. The first-order chi connectivity index (χ1) is 11.3. The zero-order valence-corrected chi connectivity index (χ0v) is 13.3. The van der Waals surface area contributed by atoms with E-state index in [0.29, 0.717) is 5.69 Å². The zero-order valence-electron chi connectivity index (χ0n) is 13.3. The summed E-state index contributed by atoms with van der Waals surface area (Å²) in [4.78, 5) is 22.0. The van der Waals surface area contributed by atoms with Gasteiger partial charge in [-0.1, -0.05) is 6.92 Å². The van der Waals surface area contributed by atoms with Gasteiger partial charge in [0.05, 0.1) is 34.9 Å². The molecule has 0 spiro atoms. The smallest absolute Gasteiger partial charge is 0.273 e. The summed E-state index contributed by atoms with van der Waals surface area (Å²) in [5.41, 5.74) is 2.78. The first kappa shape index (κ1) is 17.2. The number of carbonyl (C=O) groups is 1. The van der Waals surface area contributed by atoms with E-state index in [1.807, 2.05) is 0 Å². The van der Waals surface area contributed by atoms with Gasteiger partial charge in [0.15, 0.2) is 0 Å². The molecule has 2 rings (SSSR count). The molecule has 0 unspecified atom stereocenters. The van der Waals surface area contributed by atoms with Gasteiger partial charge in [-0.15, -0.1) is 0 Å². The summed E-state index contributed by atoms with van der Waals surface area (Å²) in [6.07, 6.45) is 3.53. The minimum Gasteiger partial charge on any atom is -0.273 e. The Morgan fingerprint density at radius 1 is 1.62 bits per heavy atom. The number of carbonyl (C=O) groups excluding carboxylic acids is 1. The molecule has 11 heteroatoms. The molecule has 0 fully saturated rings. The van der Waals surface area contributed by atoms with Crippen LogP contribution in [0.15, 0.2) is 17.5 Å². The highest BCUT2D eigenvalue weighted by atomic mass is 19.1. The third kappa shape index (κ3) is 3.80. The number of amides is 1. The van der Waals surface area contributed by atoms with Crippen molar-refractivity contribution >= 4 is 17.8 Å². The molecule has 0 aromatic carbocycles. The number of nitro groups is 1. The van der Waals surface area contributed by atoms with Gasteiger partial charge in [-0.3, -0.25) is 19.6 Å². The number of nitrogens with one attached hydrogen (secondary N) is 1. The van der Waals surface area contributed by atoms with E-state index in [1.54, 1.807) is 13.8 Å². The largest absolute Gasteiger partial charge is 0.306 e. The first-order valence-corrected chi connectivity index (χ1v) is 6.98. The maximum absolute atomic E-state index is 13.7. The predicted octanol–water partition coefficient (Wildman–Crippen LogP) is 0.759. The zero-order chi connectivity index (χ0) is 17.9. The molecule has 0 saturated heterocycles. The summed E-state index contributed by atoms with van der Waals surface area (Å²) < 4.78 is 16.1. The molecule has 2 aromatic rings. The van der Waals surface area contributed by atoms with Crippen LogP contribution < -0.4 is 5.43 Å². The molecule has 2 heterocycles. The van der Waals surface area contributed by atoms with Crippen molar-refractivity contribution < 1.29 is 14.1 Å². The van der Waals surface area contributed by atoms with Gasteiger partial charge >= 0.3 is 5.69 Å². The van der Waals surface area contributed by atoms with Crippen LogP contribution in [0.3, 0.4) is 0 Å². The molecular formula is C13H16FN7O3. The van der Waals surface area contributed by atoms with Gasteiger partial charge in [-0.2, -0.15) is 19.7 Å². The molecule has 0 bridgehead atoms. The summed E-state index contributed by atoms with van der Waals surface area (Å²) in [7, 11) is 1.46. The molecule has 0 aliphatic carbocycles. The summed E-state index contributed by atoms with van der Waals surface area (Å²) in [5.74, 6) is -1.52. The van der Waals surface area contributed by atoms with Crippen LogP contribution in [0.1, 0.15) is 18.2 Å². The van der Waals surface area contributed by atoms with Crippen LogP contribution in [0.2, 0.25) is 0 Å².